The van der Waals surface area contributed by atoms with E-state index in [0.29, 0.717) is 103 Å². The molecule has 12 N–H and O–H groups in total. The minimum Gasteiger partial charge on any atom is -0.465 e. The van der Waals surface area contributed by atoms with Crippen molar-refractivity contribution in [2.75, 3.05) is 78.5 Å². The smallest absolute Gasteiger partial charge is 0.410 e. The molecule has 0 unspecified atom stereocenters. The number of ether oxygens (including phenoxy) is 2. The molecule has 5 fully saturated rings. The highest BCUT2D eigenvalue weighted by Crippen LogP contribution is 2.27. The first-order valence-electron chi connectivity index (χ1n) is 26.3. The number of carbonyl (C=O) groups is 5. The van der Waals surface area contributed by atoms with Gasteiger partial charge in [-0.25, -0.2) is 34.0 Å². The number of benzene rings is 2. The van der Waals surface area contributed by atoms with Crippen LogP contribution < -0.4 is 38.9 Å². The normalized spacial score (nSPS) is 20.0. The van der Waals surface area contributed by atoms with E-state index in [1.165, 1.54) is 51.6 Å². The number of rotatable bonds is 13. The average Bonchev–Trinajstić information content (AvgIpc) is 3.38. The van der Waals surface area contributed by atoms with E-state index in [1.807, 2.05) is 24.3 Å². The van der Waals surface area contributed by atoms with Gasteiger partial charge >= 0.3 is 30.3 Å². The van der Waals surface area contributed by atoms with Crippen LogP contribution in [0.15, 0.2) is 58.5 Å². The van der Waals surface area contributed by atoms with Crippen LogP contribution in [-0.2, 0) is 22.6 Å². The molecule has 4 heterocycles. The summed E-state index contributed by atoms with van der Waals surface area (Å²) in [6, 6.07) is 14.1. The van der Waals surface area contributed by atoms with E-state index >= 15 is 0 Å². The molecule has 0 atom stereocenters. The third-order valence-electron chi connectivity index (χ3n) is 14.4. The molecule has 2 aromatic rings. The molecule has 0 aromatic heterocycles. The van der Waals surface area contributed by atoms with E-state index in [2.05, 4.69) is 25.9 Å². The highest BCUT2D eigenvalue weighted by atomic mass is 16.6. The quantitative estimate of drug-likeness (QED) is 0.0732. The van der Waals surface area contributed by atoms with E-state index in [4.69, 9.17) is 37.5 Å². The maximum absolute atomic E-state index is 13.0. The second-order valence-corrected chi connectivity index (χ2v) is 19.7. The zero-order valence-corrected chi connectivity index (χ0v) is 42.5. The second kappa shape index (κ2) is 29.1. The van der Waals surface area contributed by atoms with Crippen LogP contribution in [-0.4, -0.2) is 163 Å². The Kier molecular flexibility index (Phi) is 22.2. The van der Waals surface area contributed by atoms with Crippen LogP contribution in [0.5, 0.6) is 0 Å². The van der Waals surface area contributed by atoms with Crippen molar-refractivity contribution in [2.24, 2.45) is 44.8 Å². The number of piperidine rings is 2. The Morgan fingerprint density at radius 3 is 1.26 bits per heavy atom. The van der Waals surface area contributed by atoms with Gasteiger partial charge in [0, 0.05) is 78.5 Å². The van der Waals surface area contributed by atoms with E-state index in [9.17, 15) is 24.0 Å². The van der Waals surface area contributed by atoms with Crippen molar-refractivity contribution >= 4 is 53.6 Å². The van der Waals surface area contributed by atoms with Gasteiger partial charge < -0.3 is 78.0 Å². The number of urea groups is 2. The summed E-state index contributed by atoms with van der Waals surface area (Å²) in [7, 11) is 0. The molecular formula is C51H80N14O8. The molecule has 7 amide bonds. The topological polar surface area (TPSA) is 305 Å². The van der Waals surface area contributed by atoms with Crippen molar-refractivity contribution in [3.05, 3.63) is 59.7 Å². The number of nitrogens with two attached hydrogens (primary N) is 4. The van der Waals surface area contributed by atoms with Crippen molar-refractivity contribution < 1.29 is 38.6 Å². The summed E-state index contributed by atoms with van der Waals surface area (Å²) in [4.78, 5) is 78.4. The van der Waals surface area contributed by atoms with Crippen molar-refractivity contribution in [3.8, 4) is 0 Å². The second-order valence-electron chi connectivity index (χ2n) is 19.7. The first-order valence-corrected chi connectivity index (χ1v) is 26.3. The van der Waals surface area contributed by atoms with Crippen LogP contribution in [0.1, 0.15) is 101 Å². The zero-order valence-electron chi connectivity index (χ0n) is 42.5. The predicted octanol–water partition coefficient (Wildman–Crippen LogP) is 5.15. The molecule has 2 aromatic carbocycles. The summed E-state index contributed by atoms with van der Waals surface area (Å²) >= 11 is 0. The number of aliphatic imine (C=N–C) groups is 2. The Balaban J connectivity index is 0.000000381. The van der Waals surface area contributed by atoms with Crippen molar-refractivity contribution in [3.63, 3.8) is 0 Å². The summed E-state index contributed by atoms with van der Waals surface area (Å²) in [5.74, 6) is 1.68. The van der Waals surface area contributed by atoms with Crippen LogP contribution in [0, 0.1) is 11.8 Å². The molecule has 22 nitrogen and oxygen atoms in total. The number of hydrogen-bond donors (Lipinski definition) is 8. The van der Waals surface area contributed by atoms with E-state index < -0.39 is 6.09 Å². The summed E-state index contributed by atoms with van der Waals surface area (Å²) < 4.78 is 11.8. The number of piperazine rings is 2. The fourth-order valence-electron chi connectivity index (χ4n) is 9.99. The SMILES string of the molecule is NC(N)=Nc1ccc(CNC(=O)N2CCN(C(=O)OC3CCCC(OC(=O)N4CCN(C(=O)NCc5ccc(N=C(N)N)cc5)CC4)CCC3)CC2)cc1.O=C(O)N1CCC(CCCCC2CCNCC2)CC1. The van der Waals surface area contributed by atoms with E-state index in [1.54, 1.807) is 48.8 Å². The minimum absolute atomic E-state index is 0.0195. The molecule has 22 heteroatoms. The van der Waals surface area contributed by atoms with Gasteiger partial charge in [0.25, 0.3) is 0 Å². The highest BCUT2D eigenvalue weighted by Gasteiger charge is 2.30. The van der Waals surface area contributed by atoms with E-state index in [0.717, 1.165) is 61.7 Å². The van der Waals surface area contributed by atoms with Gasteiger partial charge in [-0.2, -0.15) is 0 Å². The fourth-order valence-corrected chi connectivity index (χ4v) is 9.99. The lowest BCUT2D eigenvalue weighted by molar-refractivity contribution is 0.0196. The fraction of sp³-hybridized carbons (Fsp3) is 0.627. The van der Waals surface area contributed by atoms with Crippen LogP contribution in [0.2, 0.25) is 0 Å². The lowest BCUT2D eigenvalue weighted by atomic mass is 9.88. The van der Waals surface area contributed by atoms with Crippen LogP contribution in [0.4, 0.5) is 35.3 Å². The maximum Gasteiger partial charge on any atom is 0.410 e. The number of likely N-dealkylation sites (tertiary alicyclic amines) is 1. The van der Waals surface area contributed by atoms with Crippen LogP contribution in [0.3, 0.4) is 0 Å². The number of guanidine groups is 2. The number of nitrogens with one attached hydrogen (secondary N) is 3. The molecule has 0 spiro atoms. The Labute approximate surface area is 429 Å². The Hall–Kier alpha value is -6.71. The average molecular weight is 1020 g/mol. The zero-order chi connectivity index (χ0) is 52.0. The summed E-state index contributed by atoms with van der Waals surface area (Å²) in [5, 5.41) is 18.1. The van der Waals surface area contributed by atoms with Gasteiger partial charge in [0.15, 0.2) is 11.9 Å². The van der Waals surface area contributed by atoms with Crippen molar-refractivity contribution in [1.82, 2.24) is 40.4 Å². The monoisotopic (exact) mass is 1020 g/mol. The Bertz CT molecular complexity index is 1980. The standard InChI is InChI=1S/C36H52N12O6.C15H28N2O2/c37-31(38)43-27-11-7-25(8-12-27)23-41-33(49)45-15-19-47(20-16-45)35(51)53-29-3-1-4-30(6-2-5-29)54-36(52)48-21-17-46(18-22-48)34(50)42-24-26-9-13-28(14-10-26)44-32(39)40;18-15(19)17-11-7-14(8-12-17)4-2-1-3-13-5-9-16-10-6-13/h7-14,29-30H,1-6,15-24H2,(H,41,49)(H,42,50)(H4,37,38,43)(H4,39,40,44);13-14,16H,1-12H2,(H,18,19). The lowest BCUT2D eigenvalue weighted by Crippen LogP contribution is -2.53. The lowest BCUT2D eigenvalue weighted by Gasteiger charge is -2.36. The summed E-state index contributed by atoms with van der Waals surface area (Å²) in [6.07, 6.45) is 12.6. The molecule has 0 bridgehead atoms. The third kappa shape index (κ3) is 19.3. The molecule has 1 aliphatic carbocycles. The molecule has 4 saturated heterocycles. The molecule has 5 aliphatic rings. The number of carbonyl (C=O) groups excluding carboxylic acids is 4. The van der Waals surface area contributed by atoms with Gasteiger partial charge in [-0.3, -0.25) is 0 Å². The van der Waals surface area contributed by atoms with Crippen LogP contribution in [0.25, 0.3) is 0 Å². The first-order chi connectivity index (χ1) is 35.3. The highest BCUT2D eigenvalue weighted by molar-refractivity contribution is 5.80. The molecule has 7 rings (SSSR count). The molecule has 73 heavy (non-hydrogen) atoms. The molecule has 0 radical (unpaired) electrons. The van der Waals surface area contributed by atoms with Gasteiger partial charge in [0.1, 0.15) is 12.2 Å². The van der Waals surface area contributed by atoms with Gasteiger partial charge in [0.05, 0.1) is 11.4 Å². The summed E-state index contributed by atoms with van der Waals surface area (Å²) in [5.41, 5.74) is 24.7. The number of hydrogen-bond acceptors (Lipinski definition) is 10. The number of amides is 7. The van der Waals surface area contributed by atoms with Gasteiger partial charge in [-0.05, 0) is 125 Å². The molecule has 4 aliphatic heterocycles. The van der Waals surface area contributed by atoms with E-state index in [-0.39, 0.29) is 48.4 Å². The van der Waals surface area contributed by atoms with Gasteiger partial charge in [-0.1, -0.05) is 49.9 Å². The first kappa shape index (κ1) is 55.6. The number of nitrogens with zero attached hydrogens (tertiary/aromatic N) is 7. The van der Waals surface area contributed by atoms with Gasteiger partial charge in [0.2, 0.25) is 0 Å². The number of unbranched alkanes of at least 4 members (excludes halogenated alkanes) is 1. The van der Waals surface area contributed by atoms with Gasteiger partial charge in [-0.15, -0.1) is 0 Å². The number of carboxylic acid groups (broad SMARTS) is 1. The molecule has 1 saturated carbocycles. The van der Waals surface area contributed by atoms with Crippen molar-refractivity contribution in [1.29, 1.82) is 0 Å². The molecule has 402 valence electrons. The third-order valence-corrected chi connectivity index (χ3v) is 14.4. The van der Waals surface area contributed by atoms with Crippen LogP contribution >= 0.6 is 0 Å². The summed E-state index contributed by atoms with van der Waals surface area (Å²) in [6.45, 7) is 7.78. The molecular weight excluding hydrogens is 937 g/mol. The largest absolute Gasteiger partial charge is 0.465 e. The maximum atomic E-state index is 13.0. The Morgan fingerprint density at radius 1 is 0.521 bits per heavy atom. The van der Waals surface area contributed by atoms with Crippen molar-refractivity contribution in [2.45, 2.75) is 115 Å². The minimum atomic E-state index is -0.746. The predicted molar refractivity (Wildman–Crippen MR) is 279 cm³/mol. The Morgan fingerprint density at radius 2 is 0.890 bits per heavy atom.